The fraction of sp³-hybridized carbons (Fsp3) is 0.421. The highest BCUT2D eigenvalue weighted by Crippen LogP contribution is 2.42. The highest BCUT2D eigenvalue weighted by atomic mass is 35.5. The summed E-state index contributed by atoms with van der Waals surface area (Å²) in [5.74, 6) is -1.07. The van der Waals surface area contributed by atoms with Crippen LogP contribution in [0.4, 0.5) is 24.9 Å². The van der Waals surface area contributed by atoms with Crippen LogP contribution in [0.5, 0.6) is 0 Å². The number of benzene rings is 1. The third-order valence-corrected chi connectivity index (χ3v) is 6.55. The monoisotopic (exact) mass is 489 g/mol. The summed E-state index contributed by atoms with van der Waals surface area (Å²) in [6, 6.07) is 7.27. The molecule has 0 saturated heterocycles. The molecule has 1 fully saturated rings. The maximum Gasteiger partial charge on any atom is 0.405 e. The predicted molar refractivity (Wildman–Crippen MR) is 115 cm³/mol. The number of aliphatic hydroxyl groups is 3. The number of fused-ring (bicyclic) bond motifs is 1. The average Bonchev–Trinajstić information content (AvgIpc) is 3.26. The number of rotatable bonds is 6. The number of nitrogens with one attached hydrogen (secondary N) is 2. The van der Waals surface area contributed by atoms with E-state index in [2.05, 4.69) is 25.6 Å². The van der Waals surface area contributed by atoms with Crippen molar-refractivity contribution >= 4 is 44.9 Å². The summed E-state index contributed by atoms with van der Waals surface area (Å²) in [4.78, 5) is 12.5. The van der Waals surface area contributed by atoms with Crippen molar-refractivity contribution in [3.05, 3.63) is 29.4 Å². The van der Waals surface area contributed by atoms with E-state index in [1.165, 1.54) is 11.3 Å². The standard InChI is InChI=1S/C19H19ClF3N5O3S/c20-14-12(16-25-10-3-1-2-4-11(10)32-16)15(27-17(26-14)24-8-19(21,22)23)28-18(31)6-5-9(7-29)13(18)30/h1-4,9,13,29-31H,5-8H2,(H2,24,26,27,28)/t9-,13-,18-/m1/s1. The maximum atomic E-state index is 12.7. The van der Waals surface area contributed by atoms with Crippen molar-refractivity contribution in [3.8, 4) is 10.6 Å². The van der Waals surface area contributed by atoms with Crippen LogP contribution in [-0.4, -0.2) is 61.4 Å². The van der Waals surface area contributed by atoms with Crippen LogP contribution in [0.1, 0.15) is 12.8 Å². The van der Waals surface area contributed by atoms with Crippen molar-refractivity contribution in [2.24, 2.45) is 5.92 Å². The van der Waals surface area contributed by atoms with Gasteiger partial charge in [-0.15, -0.1) is 11.3 Å². The SMILES string of the molecule is OC[C@H]1CC[C@](O)(Nc2nc(NCC(F)(F)F)nc(Cl)c2-c2nc3ccccc3s2)[C@@H]1O. The number of halogens is 4. The first-order valence-corrected chi connectivity index (χ1v) is 10.8. The van der Waals surface area contributed by atoms with Gasteiger partial charge in [-0.1, -0.05) is 23.7 Å². The number of hydrogen-bond donors (Lipinski definition) is 5. The molecule has 13 heteroatoms. The molecule has 0 amide bonds. The summed E-state index contributed by atoms with van der Waals surface area (Å²) in [5, 5.41) is 35.9. The second kappa shape index (κ2) is 8.60. The van der Waals surface area contributed by atoms with Crippen molar-refractivity contribution in [1.29, 1.82) is 0 Å². The van der Waals surface area contributed by atoms with E-state index >= 15 is 0 Å². The molecule has 0 aliphatic heterocycles. The average molecular weight is 490 g/mol. The molecule has 2 aromatic heterocycles. The molecule has 2 heterocycles. The predicted octanol–water partition coefficient (Wildman–Crippen LogP) is 3.24. The number of hydrogen-bond acceptors (Lipinski definition) is 9. The molecule has 1 aromatic carbocycles. The number of aromatic nitrogens is 3. The Morgan fingerprint density at radius 2 is 1.97 bits per heavy atom. The molecule has 172 valence electrons. The first-order chi connectivity index (χ1) is 15.1. The van der Waals surface area contributed by atoms with Crippen LogP contribution in [0.25, 0.3) is 20.8 Å². The lowest BCUT2D eigenvalue weighted by molar-refractivity contribution is -0.115. The molecular weight excluding hydrogens is 471 g/mol. The molecule has 32 heavy (non-hydrogen) atoms. The number of thiazole rings is 1. The minimum atomic E-state index is -4.51. The van der Waals surface area contributed by atoms with E-state index in [1.54, 1.807) is 12.1 Å². The van der Waals surface area contributed by atoms with E-state index in [9.17, 15) is 28.5 Å². The summed E-state index contributed by atoms with van der Waals surface area (Å²) in [5.41, 5.74) is -1.02. The minimum Gasteiger partial charge on any atom is -0.396 e. The van der Waals surface area contributed by atoms with E-state index in [4.69, 9.17) is 11.6 Å². The Hall–Kier alpha value is -2.25. The van der Waals surface area contributed by atoms with Crippen LogP contribution in [0.15, 0.2) is 24.3 Å². The highest BCUT2D eigenvalue weighted by Gasteiger charge is 2.47. The van der Waals surface area contributed by atoms with Gasteiger partial charge in [0.15, 0.2) is 5.72 Å². The summed E-state index contributed by atoms with van der Waals surface area (Å²) in [6.07, 6.45) is -5.44. The zero-order chi connectivity index (χ0) is 23.1. The lowest BCUT2D eigenvalue weighted by Crippen LogP contribution is -2.48. The molecule has 0 radical (unpaired) electrons. The zero-order valence-corrected chi connectivity index (χ0v) is 18.0. The van der Waals surface area contributed by atoms with Gasteiger partial charge >= 0.3 is 6.18 Å². The van der Waals surface area contributed by atoms with E-state index in [0.717, 1.165) is 4.70 Å². The Balaban J connectivity index is 1.77. The third kappa shape index (κ3) is 4.59. The molecule has 1 aliphatic carbocycles. The fourth-order valence-corrected chi connectivity index (χ4v) is 4.91. The summed E-state index contributed by atoms with van der Waals surface area (Å²) >= 11 is 7.60. The normalized spacial score (nSPS) is 23.6. The van der Waals surface area contributed by atoms with Gasteiger partial charge in [-0.2, -0.15) is 18.2 Å². The van der Waals surface area contributed by atoms with Gasteiger partial charge in [0, 0.05) is 12.5 Å². The molecule has 5 N–H and O–H groups in total. The lowest BCUT2D eigenvalue weighted by Gasteiger charge is -2.30. The maximum absolute atomic E-state index is 12.7. The van der Waals surface area contributed by atoms with Crippen molar-refractivity contribution < 1.29 is 28.5 Å². The molecule has 0 spiro atoms. The van der Waals surface area contributed by atoms with Crippen molar-refractivity contribution in [2.45, 2.75) is 30.8 Å². The van der Waals surface area contributed by atoms with Gasteiger partial charge in [-0.25, -0.2) is 9.97 Å². The third-order valence-electron chi connectivity index (χ3n) is 5.22. The number of nitrogens with zero attached hydrogens (tertiary/aromatic N) is 3. The molecule has 4 rings (SSSR count). The fourth-order valence-electron chi connectivity index (χ4n) is 3.58. The van der Waals surface area contributed by atoms with Crippen LogP contribution in [-0.2, 0) is 0 Å². The van der Waals surface area contributed by atoms with Crippen molar-refractivity contribution in [1.82, 2.24) is 15.0 Å². The number of alkyl halides is 3. The number of anilines is 2. The highest BCUT2D eigenvalue weighted by molar-refractivity contribution is 7.21. The first-order valence-electron chi connectivity index (χ1n) is 9.63. The number of para-hydroxylation sites is 1. The van der Waals surface area contributed by atoms with Gasteiger partial charge in [-0.3, -0.25) is 0 Å². The second-order valence-electron chi connectivity index (χ2n) is 7.49. The van der Waals surface area contributed by atoms with E-state index < -0.39 is 36.4 Å². The van der Waals surface area contributed by atoms with Gasteiger partial charge in [0.05, 0.1) is 15.8 Å². The van der Waals surface area contributed by atoms with Crippen LogP contribution in [0.3, 0.4) is 0 Å². The Morgan fingerprint density at radius 1 is 1.22 bits per heavy atom. The Morgan fingerprint density at radius 3 is 2.62 bits per heavy atom. The molecule has 1 saturated carbocycles. The molecular formula is C19H19ClF3N5O3S. The van der Waals surface area contributed by atoms with Gasteiger partial charge in [0.1, 0.15) is 28.6 Å². The Labute approximate surface area is 189 Å². The van der Waals surface area contributed by atoms with Gasteiger partial charge in [-0.05, 0) is 25.0 Å². The van der Waals surface area contributed by atoms with E-state index in [-0.39, 0.29) is 29.6 Å². The van der Waals surface area contributed by atoms with Crippen molar-refractivity contribution in [2.75, 3.05) is 23.8 Å². The summed E-state index contributed by atoms with van der Waals surface area (Å²) in [6.45, 7) is -1.72. The van der Waals surface area contributed by atoms with Crippen LogP contribution >= 0.6 is 22.9 Å². The van der Waals surface area contributed by atoms with E-state index in [1.807, 2.05) is 12.1 Å². The van der Waals surface area contributed by atoms with Gasteiger partial charge < -0.3 is 26.0 Å². The van der Waals surface area contributed by atoms with Crippen molar-refractivity contribution in [3.63, 3.8) is 0 Å². The topological polar surface area (TPSA) is 123 Å². The van der Waals surface area contributed by atoms with E-state index in [0.29, 0.717) is 16.9 Å². The lowest BCUT2D eigenvalue weighted by atomic mass is 10.0. The van der Waals surface area contributed by atoms with Gasteiger partial charge in [0.2, 0.25) is 5.95 Å². The molecule has 0 unspecified atom stereocenters. The molecule has 8 nitrogen and oxygen atoms in total. The molecule has 0 bridgehead atoms. The zero-order valence-electron chi connectivity index (χ0n) is 16.4. The first kappa shape index (κ1) is 22.9. The Kier molecular flexibility index (Phi) is 6.16. The molecule has 1 aliphatic rings. The van der Waals surface area contributed by atoms with Crippen LogP contribution in [0, 0.1) is 5.92 Å². The second-order valence-corrected chi connectivity index (χ2v) is 8.88. The van der Waals surface area contributed by atoms with Gasteiger partial charge in [0.25, 0.3) is 0 Å². The summed E-state index contributed by atoms with van der Waals surface area (Å²) in [7, 11) is 0. The summed E-state index contributed by atoms with van der Waals surface area (Å²) < 4.78 is 38.8. The minimum absolute atomic E-state index is 0.0750. The molecule has 3 aromatic rings. The number of aliphatic hydroxyl groups excluding tert-OH is 2. The quantitative estimate of drug-likeness (QED) is 0.264. The van der Waals surface area contributed by atoms with Crippen LogP contribution in [0.2, 0.25) is 5.15 Å². The Bertz CT molecular complexity index is 1100. The smallest absolute Gasteiger partial charge is 0.396 e. The largest absolute Gasteiger partial charge is 0.405 e. The molecule has 3 atom stereocenters. The van der Waals surface area contributed by atoms with Crippen LogP contribution < -0.4 is 10.6 Å².